The van der Waals surface area contributed by atoms with Crippen molar-refractivity contribution < 1.29 is 9.47 Å². The summed E-state index contributed by atoms with van der Waals surface area (Å²) in [6.45, 7) is 7.13. The van der Waals surface area contributed by atoms with Crippen molar-refractivity contribution in [2.45, 2.75) is 20.4 Å². The molecule has 2 aromatic rings. The Morgan fingerprint density at radius 2 is 1.68 bits per heavy atom. The SMILES string of the molecule is CCN(CC)Cc1cccnc1Oc1ccccc1OC.Cl. The minimum atomic E-state index is 0. The topological polar surface area (TPSA) is 34.6 Å². The first-order chi connectivity index (χ1) is 10.3. The van der Waals surface area contributed by atoms with Crippen molar-refractivity contribution in [1.82, 2.24) is 9.88 Å². The molecule has 0 saturated carbocycles. The monoisotopic (exact) mass is 322 g/mol. The number of nitrogens with zero attached hydrogens (tertiary/aromatic N) is 2. The van der Waals surface area contributed by atoms with Crippen LogP contribution in [0.15, 0.2) is 42.6 Å². The number of hydrogen-bond donors (Lipinski definition) is 0. The van der Waals surface area contributed by atoms with Crippen molar-refractivity contribution in [2.75, 3.05) is 20.2 Å². The van der Waals surface area contributed by atoms with Crippen LogP contribution in [0.4, 0.5) is 0 Å². The molecule has 0 fully saturated rings. The van der Waals surface area contributed by atoms with Gasteiger partial charge in [-0.05, 0) is 31.3 Å². The van der Waals surface area contributed by atoms with Gasteiger partial charge in [0, 0.05) is 18.3 Å². The van der Waals surface area contributed by atoms with Gasteiger partial charge in [0.05, 0.1) is 7.11 Å². The molecule has 2 rings (SSSR count). The fourth-order valence-corrected chi connectivity index (χ4v) is 2.13. The molecule has 0 aliphatic heterocycles. The average Bonchev–Trinajstić information content (AvgIpc) is 2.54. The molecular formula is C17H23ClN2O2. The molecule has 0 aliphatic carbocycles. The number of rotatable bonds is 7. The first-order valence-corrected chi connectivity index (χ1v) is 7.25. The zero-order valence-electron chi connectivity index (χ0n) is 13.3. The van der Waals surface area contributed by atoms with Crippen LogP contribution in [0, 0.1) is 0 Å². The zero-order chi connectivity index (χ0) is 15.1. The van der Waals surface area contributed by atoms with E-state index in [1.165, 1.54) is 0 Å². The summed E-state index contributed by atoms with van der Waals surface area (Å²) in [4.78, 5) is 6.69. The molecular weight excluding hydrogens is 300 g/mol. The van der Waals surface area contributed by atoms with Crippen LogP contribution in [0.2, 0.25) is 0 Å². The number of halogens is 1. The molecule has 0 amide bonds. The van der Waals surface area contributed by atoms with E-state index < -0.39 is 0 Å². The van der Waals surface area contributed by atoms with Crippen LogP contribution in [0.25, 0.3) is 0 Å². The fraction of sp³-hybridized carbons (Fsp3) is 0.353. The highest BCUT2D eigenvalue weighted by atomic mass is 35.5. The Kier molecular flexibility index (Phi) is 7.71. The Morgan fingerprint density at radius 3 is 2.32 bits per heavy atom. The van der Waals surface area contributed by atoms with Gasteiger partial charge in [-0.3, -0.25) is 4.90 Å². The van der Waals surface area contributed by atoms with Gasteiger partial charge in [0.1, 0.15) is 0 Å². The fourth-order valence-electron chi connectivity index (χ4n) is 2.13. The average molecular weight is 323 g/mol. The summed E-state index contributed by atoms with van der Waals surface area (Å²) in [6, 6.07) is 11.6. The Balaban J connectivity index is 0.00000242. The van der Waals surface area contributed by atoms with E-state index in [0.717, 1.165) is 25.2 Å². The molecule has 1 aromatic heterocycles. The normalized spacial score (nSPS) is 10.2. The predicted octanol–water partition coefficient (Wildman–Crippen LogP) is 4.15. The van der Waals surface area contributed by atoms with Crippen molar-refractivity contribution >= 4 is 12.4 Å². The lowest BCUT2D eigenvalue weighted by Gasteiger charge is -2.19. The van der Waals surface area contributed by atoms with Crippen LogP contribution in [0.1, 0.15) is 19.4 Å². The van der Waals surface area contributed by atoms with E-state index in [4.69, 9.17) is 9.47 Å². The molecule has 0 bridgehead atoms. The third-order valence-electron chi connectivity index (χ3n) is 3.41. The van der Waals surface area contributed by atoms with Crippen LogP contribution in [-0.4, -0.2) is 30.1 Å². The quantitative estimate of drug-likeness (QED) is 0.767. The lowest BCUT2D eigenvalue weighted by molar-refractivity contribution is 0.289. The Labute approximate surface area is 138 Å². The van der Waals surface area contributed by atoms with Crippen LogP contribution in [-0.2, 0) is 6.54 Å². The Bertz CT molecular complexity index is 574. The largest absolute Gasteiger partial charge is 0.493 e. The van der Waals surface area contributed by atoms with Crippen LogP contribution in [0.3, 0.4) is 0 Å². The summed E-state index contributed by atoms with van der Waals surface area (Å²) in [7, 11) is 1.64. The molecule has 5 heteroatoms. The molecule has 0 unspecified atom stereocenters. The van der Waals surface area contributed by atoms with E-state index >= 15 is 0 Å². The zero-order valence-corrected chi connectivity index (χ0v) is 14.1. The van der Waals surface area contributed by atoms with E-state index in [9.17, 15) is 0 Å². The number of para-hydroxylation sites is 2. The standard InChI is InChI=1S/C17H22N2O2.ClH/c1-4-19(5-2)13-14-9-8-12-18-17(14)21-16-11-7-6-10-15(16)20-3;/h6-12H,4-5,13H2,1-3H3;1H. The molecule has 120 valence electrons. The number of ether oxygens (including phenoxy) is 2. The highest BCUT2D eigenvalue weighted by Crippen LogP contribution is 2.31. The van der Waals surface area contributed by atoms with Gasteiger partial charge in [-0.15, -0.1) is 12.4 Å². The first-order valence-electron chi connectivity index (χ1n) is 7.25. The molecule has 1 heterocycles. The molecule has 0 spiro atoms. The molecule has 0 aliphatic rings. The van der Waals surface area contributed by atoms with Crippen LogP contribution < -0.4 is 9.47 Å². The van der Waals surface area contributed by atoms with E-state index in [0.29, 0.717) is 17.4 Å². The van der Waals surface area contributed by atoms with E-state index in [-0.39, 0.29) is 12.4 Å². The predicted molar refractivity (Wildman–Crippen MR) is 91.2 cm³/mol. The second kappa shape index (κ2) is 9.28. The third kappa shape index (κ3) is 4.61. The van der Waals surface area contributed by atoms with Crippen molar-refractivity contribution in [3.63, 3.8) is 0 Å². The Morgan fingerprint density at radius 1 is 1.00 bits per heavy atom. The molecule has 0 saturated heterocycles. The van der Waals surface area contributed by atoms with E-state index in [1.807, 2.05) is 30.3 Å². The van der Waals surface area contributed by atoms with Gasteiger partial charge in [0.15, 0.2) is 11.5 Å². The van der Waals surface area contributed by atoms with E-state index in [2.05, 4.69) is 29.8 Å². The van der Waals surface area contributed by atoms with Gasteiger partial charge < -0.3 is 9.47 Å². The van der Waals surface area contributed by atoms with Crippen molar-refractivity contribution in [3.8, 4) is 17.4 Å². The smallest absolute Gasteiger partial charge is 0.223 e. The number of aromatic nitrogens is 1. The number of benzene rings is 1. The lowest BCUT2D eigenvalue weighted by Crippen LogP contribution is -2.22. The van der Waals surface area contributed by atoms with Gasteiger partial charge >= 0.3 is 0 Å². The minimum Gasteiger partial charge on any atom is -0.493 e. The van der Waals surface area contributed by atoms with E-state index in [1.54, 1.807) is 13.3 Å². The summed E-state index contributed by atoms with van der Waals surface area (Å²) in [5.41, 5.74) is 1.08. The summed E-state index contributed by atoms with van der Waals surface area (Å²) in [5.74, 6) is 2.02. The molecule has 22 heavy (non-hydrogen) atoms. The summed E-state index contributed by atoms with van der Waals surface area (Å²) < 4.78 is 11.3. The van der Waals surface area contributed by atoms with Gasteiger partial charge in [-0.1, -0.05) is 32.0 Å². The highest BCUT2D eigenvalue weighted by Gasteiger charge is 2.11. The summed E-state index contributed by atoms with van der Waals surface area (Å²) in [5, 5.41) is 0. The third-order valence-corrected chi connectivity index (χ3v) is 3.41. The Hall–Kier alpha value is -1.78. The summed E-state index contributed by atoms with van der Waals surface area (Å²) in [6.07, 6.45) is 1.75. The molecule has 0 atom stereocenters. The van der Waals surface area contributed by atoms with Crippen molar-refractivity contribution in [2.24, 2.45) is 0 Å². The molecule has 1 aromatic carbocycles. The number of methoxy groups -OCH3 is 1. The highest BCUT2D eigenvalue weighted by molar-refractivity contribution is 5.85. The molecule has 0 radical (unpaired) electrons. The second-order valence-electron chi connectivity index (χ2n) is 4.68. The van der Waals surface area contributed by atoms with Crippen LogP contribution >= 0.6 is 12.4 Å². The van der Waals surface area contributed by atoms with Crippen LogP contribution in [0.5, 0.6) is 17.4 Å². The van der Waals surface area contributed by atoms with Crippen molar-refractivity contribution in [1.29, 1.82) is 0 Å². The number of hydrogen-bond acceptors (Lipinski definition) is 4. The molecule has 4 nitrogen and oxygen atoms in total. The molecule has 0 N–H and O–H groups in total. The lowest BCUT2D eigenvalue weighted by atomic mass is 10.2. The summed E-state index contributed by atoms with van der Waals surface area (Å²) >= 11 is 0. The van der Waals surface area contributed by atoms with Gasteiger partial charge in [0.2, 0.25) is 5.88 Å². The second-order valence-corrected chi connectivity index (χ2v) is 4.68. The maximum atomic E-state index is 5.96. The first kappa shape index (κ1) is 18.3. The number of pyridine rings is 1. The maximum Gasteiger partial charge on any atom is 0.223 e. The van der Waals surface area contributed by atoms with Gasteiger partial charge in [0.25, 0.3) is 0 Å². The minimum absolute atomic E-state index is 0. The van der Waals surface area contributed by atoms with Crippen molar-refractivity contribution in [3.05, 3.63) is 48.2 Å². The maximum absolute atomic E-state index is 5.96. The van der Waals surface area contributed by atoms with Gasteiger partial charge in [-0.25, -0.2) is 4.98 Å². The van der Waals surface area contributed by atoms with Gasteiger partial charge in [-0.2, -0.15) is 0 Å².